The number of thioether (sulfide) groups is 1. The summed E-state index contributed by atoms with van der Waals surface area (Å²) in [6, 6.07) is 3.12. The molecule has 23 heavy (non-hydrogen) atoms. The molecular formula is C14H14F3N3OS2. The Kier molecular flexibility index (Phi) is 6.72. The van der Waals surface area contributed by atoms with Crippen molar-refractivity contribution in [3.05, 3.63) is 40.6 Å². The highest BCUT2D eigenvalue weighted by molar-refractivity contribution is 7.99. The van der Waals surface area contributed by atoms with Crippen LogP contribution in [-0.2, 0) is 6.42 Å². The highest BCUT2D eigenvalue weighted by Gasteiger charge is 2.11. The first-order valence-corrected chi connectivity index (χ1v) is 8.60. The van der Waals surface area contributed by atoms with E-state index in [9.17, 15) is 18.0 Å². The van der Waals surface area contributed by atoms with E-state index in [4.69, 9.17) is 0 Å². The van der Waals surface area contributed by atoms with E-state index in [1.54, 1.807) is 5.51 Å². The van der Waals surface area contributed by atoms with E-state index in [1.165, 1.54) is 23.5 Å². The number of carbonyl (C=O) groups is 1. The number of nitrogens with zero attached hydrogens (tertiary/aromatic N) is 1. The fourth-order valence-electron chi connectivity index (χ4n) is 1.71. The first-order chi connectivity index (χ1) is 11.0. The molecule has 0 spiro atoms. The van der Waals surface area contributed by atoms with E-state index in [-0.39, 0.29) is 5.69 Å². The van der Waals surface area contributed by atoms with Gasteiger partial charge >= 0.3 is 6.03 Å². The summed E-state index contributed by atoms with van der Waals surface area (Å²) in [6.07, 6.45) is -1.91. The van der Waals surface area contributed by atoms with E-state index in [1.807, 2.05) is 5.38 Å². The second kappa shape index (κ2) is 8.78. The molecule has 0 atom stereocenters. The topological polar surface area (TPSA) is 54.0 Å². The number of nitrogens with one attached hydrogen (secondary N) is 2. The van der Waals surface area contributed by atoms with Gasteiger partial charge in [0, 0.05) is 23.2 Å². The smallest absolute Gasteiger partial charge is 0.319 e. The molecule has 2 rings (SSSR count). The van der Waals surface area contributed by atoms with Crippen molar-refractivity contribution in [2.75, 3.05) is 17.6 Å². The van der Waals surface area contributed by atoms with Crippen LogP contribution in [0.5, 0.6) is 0 Å². The van der Waals surface area contributed by atoms with E-state index >= 15 is 0 Å². The standard InChI is InChI=1S/C14H14F3N3OS2/c15-9-1-2-12(23-7-13(16)17)11(5-9)20-14(21)18-4-3-10-6-22-8-19-10/h1-2,5-6,8,13H,3-4,7H2,(H2,18,20,21). The van der Waals surface area contributed by atoms with Gasteiger partial charge in [0.25, 0.3) is 0 Å². The van der Waals surface area contributed by atoms with Gasteiger partial charge in [0.2, 0.25) is 6.43 Å². The monoisotopic (exact) mass is 361 g/mol. The van der Waals surface area contributed by atoms with Gasteiger partial charge in [-0.1, -0.05) is 0 Å². The summed E-state index contributed by atoms with van der Waals surface area (Å²) in [5, 5.41) is 6.98. The number of carbonyl (C=O) groups excluding carboxylic acids is 1. The number of alkyl halides is 2. The van der Waals surface area contributed by atoms with Gasteiger partial charge in [-0.2, -0.15) is 0 Å². The van der Waals surface area contributed by atoms with Crippen LogP contribution in [-0.4, -0.2) is 29.7 Å². The van der Waals surface area contributed by atoms with Crippen molar-refractivity contribution in [3.8, 4) is 0 Å². The molecule has 0 bridgehead atoms. The fourth-order valence-corrected chi connectivity index (χ4v) is 3.04. The maximum atomic E-state index is 13.3. The van der Waals surface area contributed by atoms with Crippen molar-refractivity contribution >= 4 is 34.8 Å². The van der Waals surface area contributed by atoms with Gasteiger partial charge in [0.05, 0.1) is 22.6 Å². The molecule has 124 valence electrons. The van der Waals surface area contributed by atoms with Gasteiger partial charge < -0.3 is 10.6 Å². The number of urea groups is 1. The molecule has 4 nitrogen and oxygen atoms in total. The molecule has 0 saturated heterocycles. The van der Waals surface area contributed by atoms with Crippen LogP contribution >= 0.6 is 23.1 Å². The zero-order valence-electron chi connectivity index (χ0n) is 11.9. The molecule has 0 aliphatic rings. The zero-order valence-corrected chi connectivity index (χ0v) is 13.5. The summed E-state index contributed by atoms with van der Waals surface area (Å²) in [5.41, 5.74) is 2.74. The Morgan fingerprint density at radius 3 is 2.91 bits per heavy atom. The summed E-state index contributed by atoms with van der Waals surface area (Å²) >= 11 is 2.33. The van der Waals surface area contributed by atoms with Gasteiger partial charge in [-0.3, -0.25) is 0 Å². The largest absolute Gasteiger partial charge is 0.337 e. The summed E-state index contributed by atoms with van der Waals surface area (Å²) in [5.74, 6) is -0.977. The van der Waals surface area contributed by atoms with Crippen LogP contribution in [0.4, 0.5) is 23.7 Å². The number of amides is 2. The predicted molar refractivity (Wildman–Crippen MR) is 86.0 cm³/mol. The van der Waals surface area contributed by atoms with Crippen LogP contribution in [0.1, 0.15) is 5.69 Å². The van der Waals surface area contributed by atoms with E-state index in [0.29, 0.717) is 17.9 Å². The number of halogens is 3. The van der Waals surface area contributed by atoms with Gasteiger partial charge in [-0.25, -0.2) is 22.9 Å². The van der Waals surface area contributed by atoms with Crippen LogP contribution in [0.25, 0.3) is 0 Å². The van der Waals surface area contributed by atoms with Crippen molar-refractivity contribution in [2.45, 2.75) is 17.7 Å². The van der Waals surface area contributed by atoms with Crippen molar-refractivity contribution in [1.29, 1.82) is 0 Å². The number of thiazole rings is 1. The minimum absolute atomic E-state index is 0.168. The summed E-state index contributed by atoms with van der Waals surface area (Å²) in [6.45, 7) is 0.365. The number of anilines is 1. The SMILES string of the molecule is O=C(NCCc1cscn1)Nc1cc(F)ccc1SCC(F)F. The van der Waals surface area contributed by atoms with Gasteiger partial charge in [0.15, 0.2) is 0 Å². The number of hydrogen-bond donors (Lipinski definition) is 2. The average molecular weight is 361 g/mol. The lowest BCUT2D eigenvalue weighted by Gasteiger charge is -2.11. The number of benzene rings is 1. The number of aromatic nitrogens is 1. The molecule has 0 unspecified atom stereocenters. The molecule has 1 aromatic carbocycles. The molecule has 2 amide bonds. The van der Waals surface area contributed by atoms with Crippen molar-refractivity contribution in [3.63, 3.8) is 0 Å². The third-order valence-electron chi connectivity index (χ3n) is 2.70. The van der Waals surface area contributed by atoms with Crippen LogP contribution in [0.2, 0.25) is 0 Å². The third kappa shape index (κ3) is 6.11. The van der Waals surface area contributed by atoms with E-state index < -0.39 is 24.0 Å². The lowest BCUT2D eigenvalue weighted by Crippen LogP contribution is -2.30. The van der Waals surface area contributed by atoms with Crippen LogP contribution < -0.4 is 10.6 Å². The highest BCUT2D eigenvalue weighted by Crippen LogP contribution is 2.29. The van der Waals surface area contributed by atoms with Crippen LogP contribution in [0, 0.1) is 5.82 Å². The molecule has 1 aromatic heterocycles. The maximum Gasteiger partial charge on any atom is 0.319 e. The Labute approximate surface area is 139 Å². The molecule has 0 fully saturated rings. The zero-order chi connectivity index (χ0) is 16.7. The predicted octanol–water partition coefficient (Wildman–Crippen LogP) is 4.00. The number of rotatable bonds is 7. The van der Waals surface area contributed by atoms with Crippen LogP contribution in [0.15, 0.2) is 34.0 Å². The first-order valence-electron chi connectivity index (χ1n) is 6.67. The Morgan fingerprint density at radius 2 is 2.22 bits per heavy atom. The van der Waals surface area contributed by atoms with Gasteiger partial charge in [0.1, 0.15) is 5.82 Å². The second-order valence-corrected chi connectivity index (χ2v) is 6.23. The third-order valence-corrected chi connectivity index (χ3v) is 4.43. The lowest BCUT2D eigenvalue weighted by atomic mass is 10.3. The summed E-state index contributed by atoms with van der Waals surface area (Å²) < 4.78 is 37.9. The molecule has 0 radical (unpaired) electrons. The minimum Gasteiger partial charge on any atom is -0.337 e. The number of hydrogen-bond acceptors (Lipinski definition) is 4. The maximum absolute atomic E-state index is 13.3. The Bertz CT molecular complexity index is 638. The average Bonchev–Trinajstić information content (AvgIpc) is 2.99. The summed E-state index contributed by atoms with van der Waals surface area (Å²) in [7, 11) is 0. The van der Waals surface area contributed by atoms with Crippen molar-refractivity contribution < 1.29 is 18.0 Å². The lowest BCUT2D eigenvalue weighted by molar-refractivity contribution is 0.177. The molecule has 9 heteroatoms. The quantitative estimate of drug-likeness (QED) is 0.733. The molecule has 2 aromatic rings. The first kappa shape index (κ1) is 17.6. The normalized spacial score (nSPS) is 10.8. The second-order valence-electron chi connectivity index (χ2n) is 4.45. The highest BCUT2D eigenvalue weighted by atomic mass is 32.2. The molecule has 0 aliphatic carbocycles. The fraction of sp³-hybridized carbons (Fsp3) is 0.286. The van der Waals surface area contributed by atoms with E-state index in [2.05, 4.69) is 15.6 Å². The Morgan fingerprint density at radius 1 is 1.39 bits per heavy atom. The van der Waals surface area contributed by atoms with Gasteiger partial charge in [-0.05, 0) is 18.2 Å². The molecule has 0 aliphatic heterocycles. The van der Waals surface area contributed by atoms with Crippen LogP contribution in [0.3, 0.4) is 0 Å². The van der Waals surface area contributed by atoms with Gasteiger partial charge in [-0.15, -0.1) is 23.1 Å². The molecule has 1 heterocycles. The molecular weight excluding hydrogens is 347 g/mol. The Balaban J connectivity index is 1.89. The van der Waals surface area contributed by atoms with Crippen molar-refractivity contribution in [2.24, 2.45) is 0 Å². The Hall–Kier alpha value is -1.74. The molecule has 2 N–H and O–H groups in total. The summed E-state index contributed by atoms with van der Waals surface area (Å²) in [4.78, 5) is 16.3. The molecule has 0 saturated carbocycles. The van der Waals surface area contributed by atoms with Crippen molar-refractivity contribution in [1.82, 2.24) is 10.3 Å². The van der Waals surface area contributed by atoms with E-state index in [0.717, 1.165) is 23.5 Å². The minimum atomic E-state index is -2.48.